The van der Waals surface area contributed by atoms with Gasteiger partial charge in [0.1, 0.15) is 11.5 Å². The summed E-state index contributed by atoms with van der Waals surface area (Å²) in [7, 11) is 1.27. The Labute approximate surface area is 163 Å². The zero-order valence-corrected chi connectivity index (χ0v) is 15.9. The lowest BCUT2D eigenvalue weighted by Crippen LogP contribution is -2.24. The van der Waals surface area contributed by atoms with Crippen LogP contribution in [0.5, 0.6) is 11.5 Å². The first-order valence-corrected chi connectivity index (χ1v) is 8.84. The summed E-state index contributed by atoms with van der Waals surface area (Å²) in [6.07, 6.45) is 1.50. The number of rotatable bonds is 5. The molecule has 6 nitrogen and oxygen atoms in total. The van der Waals surface area contributed by atoms with Crippen LogP contribution in [-0.4, -0.2) is 30.7 Å². The van der Waals surface area contributed by atoms with Crippen LogP contribution in [0.25, 0.3) is 6.08 Å². The number of nitrogens with zero attached hydrogens (tertiary/aromatic N) is 1. The van der Waals surface area contributed by atoms with Gasteiger partial charge in [-0.2, -0.15) is 0 Å². The van der Waals surface area contributed by atoms with Crippen LogP contribution in [0.3, 0.4) is 0 Å². The number of amides is 1. The Kier molecular flexibility index (Phi) is 5.49. The van der Waals surface area contributed by atoms with Gasteiger partial charge in [-0.1, -0.05) is 18.2 Å². The number of hydrogen-bond acceptors (Lipinski definition) is 5. The van der Waals surface area contributed by atoms with Crippen LogP contribution in [0.1, 0.15) is 19.4 Å². The second kappa shape index (κ2) is 8.00. The number of anilines is 1. The number of hydrogen-bond donors (Lipinski definition) is 1. The number of carbonyl (C=O) groups excluding carboxylic acids is 2. The molecule has 0 spiro atoms. The highest BCUT2D eigenvalue weighted by atomic mass is 16.5. The first-order valence-electron chi connectivity index (χ1n) is 8.84. The van der Waals surface area contributed by atoms with Crippen molar-refractivity contribution < 1.29 is 24.2 Å². The second-order valence-electron chi connectivity index (χ2n) is 6.14. The smallest absolute Gasteiger partial charge is 0.340 e. The highest BCUT2D eigenvalue weighted by Crippen LogP contribution is 2.36. The van der Waals surface area contributed by atoms with Gasteiger partial charge in [0, 0.05) is 16.9 Å². The SMILES string of the molecule is CCOc1ccc(N2C(=O)C(=Cc3ccccc3O)C(C(=O)OC)=C2C)cc1. The minimum Gasteiger partial charge on any atom is -0.507 e. The van der Waals surface area contributed by atoms with E-state index in [0.29, 0.717) is 29.3 Å². The molecule has 0 saturated heterocycles. The van der Waals surface area contributed by atoms with E-state index in [-0.39, 0.29) is 22.8 Å². The number of benzene rings is 2. The Hall–Kier alpha value is -3.54. The van der Waals surface area contributed by atoms with Gasteiger partial charge >= 0.3 is 5.97 Å². The van der Waals surface area contributed by atoms with Crippen molar-refractivity contribution in [1.29, 1.82) is 0 Å². The first kappa shape index (κ1) is 19.2. The number of phenolic OH excluding ortho intramolecular Hbond substituents is 1. The molecule has 2 aromatic carbocycles. The molecule has 1 aliphatic rings. The summed E-state index contributed by atoms with van der Waals surface area (Å²) >= 11 is 0. The van der Waals surface area contributed by atoms with Crippen LogP contribution in [0.2, 0.25) is 0 Å². The van der Waals surface area contributed by atoms with Crippen molar-refractivity contribution in [3.63, 3.8) is 0 Å². The quantitative estimate of drug-likeness (QED) is 0.634. The van der Waals surface area contributed by atoms with E-state index in [0.717, 1.165) is 0 Å². The van der Waals surface area contributed by atoms with Gasteiger partial charge in [-0.25, -0.2) is 4.79 Å². The number of ether oxygens (including phenoxy) is 2. The van der Waals surface area contributed by atoms with Crippen molar-refractivity contribution >= 4 is 23.6 Å². The standard InChI is InChI=1S/C22H21NO5/c1-4-28-17-11-9-16(10-12-17)23-14(2)20(22(26)27-3)18(21(23)25)13-15-7-5-6-8-19(15)24/h5-13,24H,4H2,1-3H3. The molecule has 3 rings (SSSR count). The average molecular weight is 379 g/mol. The fraction of sp³-hybridized carbons (Fsp3) is 0.182. The van der Waals surface area contributed by atoms with Crippen LogP contribution < -0.4 is 9.64 Å². The number of esters is 1. The van der Waals surface area contributed by atoms with E-state index in [1.165, 1.54) is 24.2 Å². The van der Waals surface area contributed by atoms with Crippen molar-refractivity contribution in [2.45, 2.75) is 13.8 Å². The summed E-state index contributed by atoms with van der Waals surface area (Å²) in [4.78, 5) is 27.0. The minimum absolute atomic E-state index is 0.0178. The fourth-order valence-electron chi connectivity index (χ4n) is 3.11. The summed E-state index contributed by atoms with van der Waals surface area (Å²) < 4.78 is 10.3. The summed E-state index contributed by atoms with van der Waals surface area (Å²) in [6, 6.07) is 13.6. The van der Waals surface area contributed by atoms with Crippen LogP contribution in [-0.2, 0) is 14.3 Å². The van der Waals surface area contributed by atoms with Crippen LogP contribution in [0.4, 0.5) is 5.69 Å². The third kappa shape index (κ3) is 3.49. The molecule has 1 heterocycles. The van der Waals surface area contributed by atoms with Crippen molar-refractivity contribution in [2.24, 2.45) is 0 Å². The Morgan fingerprint density at radius 3 is 2.43 bits per heavy atom. The van der Waals surface area contributed by atoms with Crippen LogP contribution in [0, 0.1) is 0 Å². The van der Waals surface area contributed by atoms with Gasteiger partial charge in [0.2, 0.25) is 0 Å². The Morgan fingerprint density at radius 1 is 1.14 bits per heavy atom. The summed E-state index contributed by atoms with van der Waals surface area (Å²) in [6.45, 7) is 4.12. The van der Waals surface area contributed by atoms with E-state index in [2.05, 4.69) is 0 Å². The van der Waals surface area contributed by atoms with E-state index in [1.54, 1.807) is 49.4 Å². The molecular weight excluding hydrogens is 358 g/mol. The van der Waals surface area contributed by atoms with E-state index in [1.807, 2.05) is 6.92 Å². The topological polar surface area (TPSA) is 76.1 Å². The fourth-order valence-corrected chi connectivity index (χ4v) is 3.11. The zero-order valence-electron chi connectivity index (χ0n) is 15.9. The third-order valence-corrected chi connectivity index (χ3v) is 4.43. The van der Waals surface area contributed by atoms with Crippen LogP contribution in [0.15, 0.2) is 65.4 Å². The molecular formula is C22H21NO5. The number of allylic oxidation sites excluding steroid dienone is 1. The predicted molar refractivity (Wildman–Crippen MR) is 106 cm³/mol. The lowest BCUT2D eigenvalue weighted by Gasteiger charge is -2.18. The van der Waals surface area contributed by atoms with Crippen molar-refractivity contribution in [3.8, 4) is 11.5 Å². The Balaban J connectivity index is 2.09. The molecule has 0 unspecified atom stereocenters. The molecule has 0 atom stereocenters. The number of aromatic hydroxyl groups is 1. The van der Waals surface area contributed by atoms with Crippen LogP contribution >= 0.6 is 0 Å². The molecule has 0 aromatic heterocycles. The lowest BCUT2D eigenvalue weighted by molar-refractivity contribution is -0.136. The maximum absolute atomic E-state index is 13.2. The summed E-state index contributed by atoms with van der Waals surface area (Å²) in [5.41, 5.74) is 1.84. The monoisotopic (exact) mass is 379 g/mol. The Bertz CT molecular complexity index is 973. The first-order chi connectivity index (χ1) is 13.5. The van der Waals surface area contributed by atoms with E-state index in [9.17, 15) is 14.7 Å². The molecule has 0 radical (unpaired) electrons. The predicted octanol–water partition coefficient (Wildman–Crippen LogP) is 3.67. The normalized spacial score (nSPS) is 15.3. The highest BCUT2D eigenvalue weighted by molar-refractivity contribution is 6.23. The van der Waals surface area contributed by atoms with Gasteiger partial charge in [-0.15, -0.1) is 0 Å². The Morgan fingerprint density at radius 2 is 1.82 bits per heavy atom. The largest absolute Gasteiger partial charge is 0.507 e. The molecule has 0 bridgehead atoms. The molecule has 1 aliphatic heterocycles. The van der Waals surface area contributed by atoms with E-state index < -0.39 is 5.97 Å². The summed E-state index contributed by atoms with van der Waals surface area (Å²) in [5.74, 6) is -0.270. The van der Waals surface area contributed by atoms with Gasteiger partial charge in [0.25, 0.3) is 5.91 Å². The molecule has 6 heteroatoms. The summed E-state index contributed by atoms with van der Waals surface area (Å²) in [5, 5.41) is 10.1. The van der Waals surface area contributed by atoms with E-state index >= 15 is 0 Å². The number of phenols is 1. The molecule has 1 N–H and O–H groups in total. The third-order valence-electron chi connectivity index (χ3n) is 4.43. The molecule has 0 fully saturated rings. The lowest BCUT2D eigenvalue weighted by atomic mass is 10.0. The number of para-hydroxylation sites is 1. The maximum atomic E-state index is 13.2. The minimum atomic E-state index is -0.610. The highest BCUT2D eigenvalue weighted by Gasteiger charge is 2.38. The number of carbonyl (C=O) groups is 2. The van der Waals surface area contributed by atoms with Gasteiger partial charge in [-0.05, 0) is 50.3 Å². The van der Waals surface area contributed by atoms with Crippen molar-refractivity contribution in [3.05, 3.63) is 70.9 Å². The number of methoxy groups -OCH3 is 1. The van der Waals surface area contributed by atoms with Crippen molar-refractivity contribution in [2.75, 3.05) is 18.6 Å². The second-order valence-corrected chi connectivity index (χ2v) is 6.14. The molecule has 1 amide bonds. The average Bonchev–Trinajstić information content (AvgIpc) is 2.94. The van der Waals surface area contributed by atoms with Gasteiger partial charge in [0.05, 0.1) is 24.9 Å². The maximum Gasteiger partial charge on any atom is 0.340 e. The zero-order chi connectivity index (χ0) is 20.3. The molecule has 28 heavy (non-hydrogen) atoms. The molecule has 0 saturated carbocycles. The van der Waals surface area contributed by atoms with Gasteiger partial charge in [-0.3, -0.25) is 9.69 Å². The molecule has 144 valence electrons. The van der Waals surface area contributed by atoms with E-state index in [4.69, 9.17) is 9.47 Å². The van der Waals surface area contributed by atoms with Gasteiger partial charge < -0.3 is 14.6 Å². The molecule has 2 aromatic rings. The van der Waals surface area contributed by atoms with Gasteiger partial charge in [0.15, 0.2) is 0 Å². The molecule has 0 aliphatic carbocycles. The van der Waals surface area contributed by atoms with Crippen molar-refractivity contribution in [1.82, 2.24) is 0 Å².